The van der Waals surface area contributed by atoms with E-state index in [1.165, 1.54) is 6.07 Å². The fraction of sp³-hybridized carbons (Fsp3) is 0.364. The van der Waals surface area contributed by atoms with Crippen LogP contribution in [0.3, 0.4) is 0 Å². The van der Waals surface area contributed by atoms with E-state index < -0.39 is 22.0 Å². The van der Waals surface area contributed by atoms with Gasteiger partial charge in [0, 0.05) is 11.1 Å². The highest BCUT2D eigenvalue weighted by Crippen LogP contribution is 2.26. The maximum Gasteiger partial charge on any atom is 0.253 e. The maximum atomic E-state index is 13.2. The number of benzene rings is 2. The zero-order chi connectivity index (χ0) is 23.2. The summed E-state index contributed by atoms with van der Waals surface area (Å²) in [6, 6.07) is 11.9. The van der Waals surface area contributed by atoms with E-state index in [1.54, 1.807) is 49.4 Å². The first-order valence-corrected chi connectivity index (χ1v) is 12.3. The molecule has 2 amide bonds. The summed E-state index contributed by atoms with van der Waals surface area (Å²) in [7, 11) is -3.79. The summed E-state index contributed by atoms with van der Waals surface area (Å²) in [5.74, 6) is -0.857. The van der Waals surface area contributed by atoms with Gasteiger partial charge >= 0.3 is 0 Å². The second-order valence-electron chi connectivity index (χ2n) is 7.28. The normalized spacial score (nSPS) is 13.2. The largest absolute Gasteiger partial charge is 0.350 e. The molecule has 0 saturated carbocycles. The van der Waals surface area contributed by atoms with Gasteiger partial charge in [0.1, 0.15) is 6.04 Å². The third-order valence-corrected chi connectivity index (χ3v) is 6.23. The van der Waals surface area contributed by atoms with Crippen molar-refractivity contribution in [1.29, 1.82) is 0 Å². The van der Waals surface area contributed by atoms with E-state index in [9.17, 15) is 18.0 Å². The summed E-state index contributed by atoms with van der Waals surface area (Å²) in [6.45, 7) is 5.57. The van der Waals surface area contributed by atoms with Crippen LogP contribution in [-0.4, -0.2) is 38.6 Å². The molecule has 0 bridgehead atoms. The van der Waals surface area contributed by atoms with E-state index in [0.717, 1.165) is 17.0 Å². The van der Waals surface area contributed by atoms with Crippen molar-refractivity contribution in [2.45, 2.75) is 45.7 Å². The second kappa shape index (κ2) is 10.6. The van der Waals surface area contributed by atoms with Crippen LogP contribution in [0, 0.1) is 0 Å². The third-order valence-electron chi connectivity index (χ3n) is 4.81. The predicted octanol–water partition coefficient (Wildman–Crippen LogP) is 4.05. The Balaban J connectivity index is 2.37. The molecule has 2 aromatic rings. The summed E-state index contributed by atoms with van der Waals surface area (Å²) >= 11 is 6.04. The molecule has 7 nitrogen and oxygen atoms in total. The van der Waals surface area contributed by atoms with Gasteiger partial charge in [0.05, 0.1) is 23.2 Å². The number of carbonyl (C=O) groups is 2. The molecule has 2 aromatic carbocycles. The van der Waals surface area contributed by atoms with Gasteiger partial charge in [-0.15, -0.1) is 0 Å². The minimum Gasteiger partial charge on any atom is -0.350 e. The quantitative estimate of drug-likeness (QED) is 0.583. The van der Waals surface area contributed by atoms with Crippen LogP contribution >= 0.6 is 11.6 Å². The Kier molecular flexibility index (Phi) is 8.47. The van der Waals surface area contributed by atoms with Gasteiger partial charge in [0.25, 0.3) is 5.91 Å². The van der Waals surface area contributed by atoms with E-state index in [1.807, 2.05) is 13.8 Å². The Labute approximate surface area is 188 Å². The number of anilines is 2. The highest BCUT2D eigenvalue weighted by molar-refractivity contribution is 7.92. The van der Waals surface area contributed by atoms with E-state index in [-0.39, 0.29) is 18.4 Å². The molecular weight excluding hydrogens is 438 g/mol. The molecule has 0 aliphatic heterocycles. The van der Waals surface area contributed by atoms with E-state index in [0.29, 0.717) is 22.0 Å². The fourth-order valence-corrected chi connectivity index (χ4v) is 4.47. The Hall–Kier alpha value is -2.58. The van der Waals surface area contributed by atoms with Crippen molar-refractivity contribution >= 4 is 44.8 Å². The lowest BCUT2D eigenvalue weighted by Crippen LogP contribution is -2.47. The first-order valence-electron chi connectivity index (χ1n) is 10.0. The molecule has 31 heavy (non-hydrogen) atoms. The zero-order valence-corrected chi connectivity index (χ0v) is 19.6. The molecule has 0 unspecified atom stereocenters. The molecule has 2 rings (SSSR count). The minimum absolute atomic E-state index is 0.0248. The van der Waals surface area contributed by atoms with Gasteiger partial charge in [-0.1, -0.05) is 43.6 Å². The van der Waals surface area contributed by atoms with Gasteiger partial charge < -0.3 is 10.6 Å². The average Bonchev–Trinajstić information content (AvgIpc) is 2.70. The number of para-hydroxylation sites is 1. The number of halogens is 1. The average molecular weight is 466 g/mol. The number of amides is 2. The van der Waals surface area contributed by atoms with Crippen molar-refractivity contribution in [2.24, 2.45) is 0 Å². The molecule has 0 radical (unpaired) electrons. The van der Waals surface area contributed by atoms with Crippen LogP contribution in [0.4, 0.5) is 11.4 Å². The van der Waals surface area contributed by atoms with E-state index >= 15 is 0 Å². The molecule has 9 heteroatoms. The van der Waals surface area contributed by atoms with Crippen LogP contribution in [0.2, 0.25) is 5.02 Å². The maximum absolute atomic E-state index is 13.2. The van der Waals surface area contributed by atoms with Crippen molar-refractivity contribution in [3.05, 3.63) is 59.1 Å². The van der Waals surface area contributed by atoms with Gasteiger partial charge in [0.2, 0.25) is 15.9 Å². The van der Waals surface area contributed by atoms with Gasteiger partial charge in [-0.3, -0.25) is 13.9 Å². The summed E-state index contributed by atoms with van der Waals surface area (Å²) in [6.07, 6.45) is 2.02. The fourth-order valence-electron chi connectivity index (χ4n) is 3.08. The van der Waals surface area contributed by atoms with Crippen molar-refractivity contribution in [1.82, 2.24) is 5.32 Å². The molecule has 2 N–H and O–H groups in total. The van der Waals surface area contributed by atoms with Crippen LogP contribution < -0.4 is 14.9 Å². The standard InChI is InChI=1S/C22H28ClN3O4S/c1-5-15(3)24-21(27)18-12-7-8-13-19(18)25-22(28)20(6-2)26(31(4,29)30)17-11-9-10-16(23)14-17/h7-15,20H,5-6H2,1-4H3,(H,24,27)(H,25,28)/t15-,20-/m0/s1. The van der Waals surface area contributed by atoms with Gasteiger partial charge in [0.15, 0.2) is 0 Å². The zero-order valence-electron chi connectivity index (χ0n) is 18.1. The molecule has 0 fully saturated rings. The first-order chi connectivity index (χ1) is 14.6. The molecule has 0 heterocycles. The summed E-state index contributed by atoms with van der Waals surface area (Å²) in [5, 5.41) is 5.96. The van der Waals surface area contributed by atoms with Gasteiger partial charge in [-0.05, 0) is 50.1 Å². The monoisotopic (exact) mass is 465 g/mol. The third kappa shape index (κ3) is 6.45. The van der Waals surface area contributed by atoms with Crippen molar-refractivity contribution in [3.63, 3.8) is 0 Å². The molecule has 0 aromatic heterocycles. The Morgan fingerprint density at radius 2 is 1.74 bits per heavy atom. The lowest BCUT2D eigenvalue weighted by molar-refractivity contribution is -0.117. The second-order valence-corrected chi connectivity index (χ2v) is 9.58. The molecule has 0 aliphatic rings. The van der Waals surface area contributed by atoms with E-state index in [2.05, 4.69) is 10.6 Å². The number of rotatable bonds is 9. The lowest BCUT2D eigenvalue weighted by Gasteiger charge is -2.30. The number of sulfonamides is 1. The summed E-state index contributed by atoms with van der Waals surface area (Å²) in [5.41, 5.74) is 0.908. The summed E-state index contributed by atoms with van der Waals surface area (Å²) in [4.78, 5) is 25.8. The van der Waals surface area contributed by atoms with Crippen LogP contribution in [0.25, 0.3) is 0 Å². The molecular formula is C22H28ClN3O4S. The molecule has 0 saturated heterocycles. The highest BCUT2D eigenvalue weighted by atomic mass is 35.5. The number of nitrogens with zero attached hydrogens (tertiary/aromatic N) is 1. The SMILES string of the molecule is CC[C@H](C)NC(=O)c1ccccc1NC(=O)[C@H](CC)N(c1cccc(Cl)c1)S(C)(=O)=O. The van der Waals surface area contributed by atoms with Gasteiger partial charge in [-0.25, -0.2) is 8.42 Å². The van der Waals surface area contributed by atoms with Crippen molar-refractivity contribution < 1.29 is 18.0 Å². The Morgan fingerprint density at radius 1 is 1.06 bits per heavy atom. The highest BCUT2D eigenvalue weighted by Gasteiger charge is 2.32. The molecule has 2 atom stereocenters. The predicted molar refractivity (Wildman–Crippen MR) is 125 cm³/mol. The number of hydrogen-bond donors (Lipinski definition) is 2. The lowest BCUT2D eigenvalue weighted by atomic mass is 10.1. The van der Waals surface area contributed by atoms with Crippen LogP contribution in [-0.2, 0) is 14.8 Å². The number of nitrogens with one attached hydrogen (secondary N) is 2. The van der Waals surface area contributed by atoms with E-state index in [4.69, 9.17) is 11.6 Å². The number of hydrogen-bond acceptors (Lipinski definition) is 4. The van der Waals surface area contributed by atoms with Crippen LogP contribution in [0.5, 0.6) is 0 Å². The van der Waals surface area contributed by atoms with Gasteiger partial charge in [-0.2, -0.15) is 0 Å². The molecule has 0 spiro atoms. The number of carbonyl (C=O) groups excluding carboxylic acids is 2. The van der Waals surface area contributed by atoms with Crippen molar-refractivity contribution in [2.75, 3.05) is 15.9 Å². The van der Waals surface area contributed by atoms with Crippen molar-refractivity contribution in [3.8, 4) is 0 Å². The topological polar surface area (TPSA) is 95.6 Å². The van der Waals surface area contributed by atoms with Crippen LogP contribution in [0.15, 0.2) is 48.5 Å². The molecule has 168 valence electrons. The smallest absolute Gasteiger partial charge is 0.253 e. The Bertz CT molecular complexity index is 1040. The first kappa shape index (κ1) is 24.7. The molecule has 0 aliphatic carbocycles. The van der Waals surface area contributed by atoms with Crippen LogP contribution in [0.1, 0.15) is 44.0 Å². The Morgan fingerprint density at radius 3 is 2.32 bits per heavy atom. The summed E-state index contributed by atoms with van der Waals surface area (Å²) < 4.78 is 26.2. The minimum atomic E-state index is -3.79.